The lowest BCUT2D eigenvalue weighted by Crippen LogP contribution is -2.41. The molecule has 0 saturated heterocycles. The highest BCUT2D eigenvalue weighted by Gasteiger charge is 2.31. The minimum absolute atomic E-state index is 0.101. The third-order valence-electron chi connectivity index (χ3n) is 4.94. The van der Waals surface area contributed by atoms with Crippen LogP contribution in [0.25, 0.3) is 0 Å². The molecule has 0 bridgehead atoms. The van der Waals surface area contributed by atoms with Crippen molar-refractivity contribution in [1.29, 1.82) is 0 Å². The Hall–Kier alpha value is -2.96. The van der Waals surface area contributed by atoms with Crippen LogP contribution < -0.4 is 0 Å². The van der Waals surface area contributed by atoms with Crippen LogP contribution in [-0.4, -0.2) is 47.3 Å². The van der Waals surface area contributed by atoms with E-state index in [1.54, 1.807) is 38.5 Å². The molecular formula is C20H23FN2O4. The molecule has 1 aromatic carbocycles. The van der Waals surface area contributed by atoms with E-state index in [1.165, 1.54) is 37.3 Å². The summed E-state index contributed by atoms with van der Waals surface area (Å²) >= 11 is 0. The molecule has 0 radical (unpaired) electrons. The fourth-order valence-corrected chi connectivity index (χ4v) is 3.11. The molecule has 1 atom stereocenters. The van der Waals surface area contributed by atoms with Crippen molar-refractivity contribution in [3.05, 3.63) is 58.2 Å². The van der Waals surface area contributed by atoms with E-state index in [-0.39, 0.29) is 17.0 Å². The lowest BCUT2D eigenvalue weighted by molar-refractivity contribution is 0.0588. The van der Waals surface area contributed by atoms with Crippen molar-refractivity contribution >= 4 is 17.7 Å². The highest BCUT2D eigenvalue weighted by atomic mass is 19.1. The van der Waals surface area contributed by atoms with Gasteiger partial charge in [0.1, 0.15) is 11.5 Å². The minimum Gasteiger partial charge on any atom is -0.464 e. The molecule has 0 fully saturated rings. The Morgan fingerprint density at radius 1 is 1.19 bits per heavy atom. The van der Waals surface area contributed by atoms with Gasteiger partial charge in [-0.25, -0.2) is 9.18 Å². The Morgan fingerprint density at radius 3 is 2.33 bits per heavy atom. The Balaban J connectivity index is 2.39. The molecule has 144 valence electrons. The van der Waals surface area contributed by atoms with Gasteiger partial charge in [0, 0.05) is 25.4 Å². The van der Waals surface area contributed by atoms with Crippen LogP contribution in [0.2, 0.25) is 0 Å². The molecule has 1 heterocycles. The molecule has 27 heavy (non-hydrogen) atoms. The summed E-state index contributed by atoms with van der Waals surface area (Å²) in [5.41, 5.74) is 1.63. The maximum absolute atomic E-state index is 13.9. The second-order valence-electron chi connectivity index (χ2n) is 6.42. The first kappa shape index (κ1) is 20.4. The third-order valence-corrected chi connectivity index (χ3v) is 4.94. The van der Waals surface area contributed by atoms with Crippen LogP contribution in [0, 0.1) is 19.7 Å². The van der Waals surface area contributed by atoms with Crippen molar-refractivity contribution in [3.63, 3.8) is 0 Å². The molecule has 1 amide bonds. The Bertz CT molecular complexity index is 917. The number of methoxy groups -OCH3 is 1. The van der Waals surface area contributed by atoms with Gasteiger partial charge >= 0.3 is 5.97 Å². The standard InChI is InChI=1S/C20H23FN2O4/c1-11-16(12(2)22(4)17(11)20(26)27-6)18(24)13(3)23(5)19(25)14-9-7-8-10-15(14)21/h7-10,13H,1-6H3/t13-/m1/s1. The number of hydrogen-bond donors (Lipinski definition) is 0. The van der Waals surface area contributed by atoms with Gasteiger partial charge in [-0.05, 0) is 38.5 Å². The van der Waals surface area contributed by atoms with E-state index in [0.717, 1.165) is 0 Å². The number of nitrogens with zero attached hydrogens (tertiary/aromatic N) is 2. The van der Waals surface area contributed by atoms with Crippen LogP contribution in [0.3, 0.4) is 0 Å². The largest absolute Gasteiger partial charge is 0.464 e. The lowest BCUT2D eigenvalue weighted by Gasteiger charge is -2.24. The van der Waals surface area contributed by atoms with Crippen LogP contribution in [0.4, 0.5) is 4.39 Å². The van der Waals surface area contributed by atoms with Crippen molar-refractivity contribution in [1.82, 2.24) is 9.47 Å². The number of halogens is 1. The topological polar surface area (TPSA) is 68.6 Å². The van der Waals surface area contributed by atoms with Crippen LogP contribution in [0.15, 0.2) is 24.3 Å². The number of carbonyl (C=O) groups is 3. The maximum Gasteiger partial charge on any atom is 0.354 e. The van der Waals surface area contributed by atoms with Gasteiger partial charge in [-0.3, -0.25) is 9.59 Å². The zero-order valence-electron chi connectivity index (χ0n) is 16.3. The fraction of sp³-hybridized carbons (Fsp3) is 0.350. The minimum atomic E-state index is -0.845. The quantitative estimate of drug-likeness (QED) is 0.596. The van der Waals surface area contributed by atoms with Gasteiger partial charge in [0.2, 0.25) is 0 Å². The number of rotatable bonds is 5. The van der Waals surface area contributed by atoms with Crippen LogP contribution in [0.1, 0.15) is 49.4 Å². The summed E-state index contributed by atoms with van der Waals surface area (Å²) < 4.78 is 20.3. The van der Waals surface area contributed by atoms with Gasteiger partial charge in [-0.15, -0.1) is 0 Å². The van der Waals surface area contributed by atoms with E-state index in [2.05, 4.69) is 0 Å². The van der Waals surface area contributed by atoms with E-state index in [0.29, 0.717) is 16.8 Å². The van der Waals surface area contributed by atoms with E-state index in [4.69, 9.17) is 4.74 Å². The summed E-state index contributed by atoms with van der Waals surface area (Å²) in [4.78, 5) is 38.9. The smallest absolute Gasteiger partial charge is 0.354 e. The zero-order chi connectivity index (χ0) is 20.5. The molecule has 1 aromatic heterocycles. The third kappa shape index (κ3) is 3.49. The number of ether oxygens (including phenoxy) is 1. The number of amides is 1. The molecule has 0 aliphatic heterocycles. The van der Waals surface area contributed by atoms with E-state index >= 15 is 0 Å². The normalized spacial score (nSPS) is 11.8. The van der Waals surface area contributed by atoms with E-state index in [9.17, 15) is 18.8 Å². The second-order valence-corrected chi connectivity index (χ2v) is 6.42. The second kappa shape index (κ2) is 7.73. The Kier molecular flexibility index (Phi) is 5.83. The van der Waals surface area contributed by atoms with Crippen LogP contribution >= 0.6 is 0 Å². The number of esters is 1. The molecular weight excluding hydrogens is 351 g/mol. The van der Waals surface area contributed by atoms with Gasteiger partial charge in [0.15, 0.2) is 5.78 Å². The molecule has 6 nitrogen and oxygen atoms in total. The zero-order valence-corrected chi connectivity index (χ0v) is 16.3. The summed E-state index contributed by atoms with van der Waals surface area (Å²) in [6.45, 7) is 4.96. The van der Waals surface area contributed by atoms with Crippen molar-refractivity contribution in [2.45, 2.75) is 26.8 Å². The predicted molar refractivity (Wildman–Crippen MR) is 98.5 cm³/mol. The molecule has 2 aromatic rings. The predicted octanol–water partition coefficient (Wildman–Crippen LogP) is 2.91. The number of ketones is 1. The van der Waals surface area contributed by atoms with E-state index in [1.807, 2.05) is 0 Å². The van der Waals surface area contributed by atoms with Gasteiger partial charge in [0.05, 0.1) is 18.7 Å². The summed E-state index contributed by atoms with van der Waals surface area (Å²) in [5.74, 6) is -2.11. The average molecular weight is 374 g/mol. The summed E-state index contributed by atoms with van der Waals surface area (Å²) in [6.07, 6.45) is 0. The first-order chi connectivity index (χ1) is 12.6. The average Bonchev–Trinajstić information content (AvgIpc) is 2.88. The van der Waals surface area contributed by atoms with Crippen molar-refractivity contribution in [2.75, 3.05) is 14.2 Å². The Labute approximate surface area is 157 Å². The highest BCUT2D eigenvalue weighted by molar-refractivity contribution is 6.07. The van der Waals surface area contributed by atoms with Crippen LogP contribution in [0.5, 0.6) is 0 Å². The first-order valence-corrected chi connectivity index (χ1v) is 8.43. The fourth-order valence-electron chi connectivity index (χ4n) is 3.11. The maximum atomic E-state index is 13.9. The Morgan fingerprint density at radius 2 is 1.78 bits per heavy atom. The number of hydrogen-bond acceptors (Lipinski definition) is 4. The van der Waals surface area contributed by atoms with Gasteiger partial charge in [-0.1, -0.05) is 12.1 Å². The van der Waals surface area contributed by atoms with Gasteiger partial charge in [-0.2, -0.15) is 0 Å². The molecule has 0 unspecified atom stereocenters. The first-order valence-electron chi connectivity index (χ1n) is 8.43. The monoisotopic (exact) mass is 374 g/mol. The van der Waals surface area contributed by atoms with Gasteiger partial charge < -0.3 is 14.2 Å². The number of likely N-dealkylation sites (N-methyl/N-ethyl adjacent to an activating group) is 1. The summed E-state index contributed by atoms with van der Waals surface area (Å²) in [6, 6.07) is 4.78. The highest BCUT2D eigenvalue weighted by Crippen LogP contribution is 2.24. The molecule has 0 saturated carbocycles. The number of Topliss-reactive ketones (excluding diaryl/α,β-unsaturated/α-hetero) is 1. The summed E-state index contributed by atoms with van der Waals surface area (Å²) in [7, 11) is 4.39. The SMILES string of the molecule is COC(=O)c1c(C)c(C(=O)[C@@H](C)N(C)C(=O)c2ccccc2F)c(C)n1C. The molecule has 0 aliphatic rings. The van der Waals surface area contributed by atoms with Crippen molar-refractivity contribution in [3.8, 4) is 0 Å². The van der Waals surface area contributed by atoms with E-state index < -0.39 is 23.7 Å². The number of benzene rings is 1. The van der Waals surface area contributed by atoms with Crippen molar-refractivity contribution in [2.24, 2.45) is 7.05 Å². The van der Waals surface area contributed by atoms with Gasteiger partial charge in [0.25, 0.3) is 5.91 Å². The van der Waals surface area contributed by atoms with Crippen molar-refractivity contribution < 1.29 is 23.5 Å². The summed E-state index contributed by atoms with van der Waals surface area (Å²) in [5, 5.41) is 0. The lowest BCUT2D eigenvalue weighted by atomic mass is 9.99. The molecule has 2 rings (SSSR count). The molecule has 0 N–H and O–H groups in total. The molecule has 0 spiro atoms. The molecule has 0 aliphatic carbocycles. The number of carbonyl (C=O) groups excluding carboxylic acids is 3. The molecule has 7 heteroatoms. The van der Waals surface area contributed by atoms with Crippen LogP contribution in [-0.2, 0) is 11.8 Å². The number of aromatic nitrogens is 1.